The minimum Gasteiger partial charge on any atom is -0.493 e. The van der Waals surface area contributed by atoms with Gasteiger partial charge in [0.1, 0.15) is 5.75 Å². The summed E-state index contributed by atoms with van der Waals surface area (Å²) in [5.74, 6) is -0.342. The second-order valence-corrected chi connectivity index (χ2v) is 6.09. The summed E-state index contributed by atoms with van der Waals surface area (Å²) < 4.78 is 49.3. The standard InChI is InChI=1S/C16H20F3NO2/c17-16(18,19)12-1-3-14(4-2-12)22-9-11-8-13(20)7-10-5-6-21-15(10)11/h7-8,12,14H,1-6,9,20H2/t12-,14-. The molecule has 6 heteroatoms. The molecule has 0 atom stereocenters. The summed E-state index contributed by atoms with van der Waals surface area (Å²) in [7, 11) is 0. The van der Waals surface area contributed by atoms with E-state index in [-0.39, 0.29) is 18.9 Å². The van der Waals surface area contributed by atoms with Gasteiger partial charge in [-0.2, -0.15) is 13.2 Å². The van der Waals surface area contributed by atoms with E-state index in [9.17, 15) is 13.2 Å². The molecule has 2 aliphatic rings. The highest BCUT2D eigenvalue weighted by Gasteiger charge is 2.41. The van der Waals surface area contributed by atoms with Crippen LogP contribution in [0.25, 0.3) is 0 Å². The smallest absolute Gasteiger partial charge is 0.391 e. The fourth-order valence-corrected chi connectivity index (χ4v) is 3.29. The molecule has 1 aliphatic heterocycles. The van der Waals surface area contributed by atoms with Gasteiger partial charge in [-0.1, -0.05) is 0 Å². The third-order valence-electron chi connectivity index (χ3n) is 4.49. The van der Waals surface area contributed by atoms with Gasteiger partial charge < -0.3 is 15.2 Å². The predicted octanol–water partition coefficient (Wildman–Crippen LogP) is 3.84. The summed E-state index contributed by atoms with van der Waals surface area (Å²) in [4.78, 5) is 0. The highest BCUT2D eigenvalue weighted by molar-refractivity contribution is 5.54. The van der Waals surface area contributed by atoms with E-state index in [1.165, 1.54) is 0 Å². The Morgan fingerprint density at radius 3 is 2.59 bits per heavy atom. The summed E-state index contributed by atoms with van der Waals surface area (Å²) >= 11 is 0. The zero-order valence-corrected chi connectivity index (χ0v) is 12.3. The quantitative estimate of drug-likeness (QED) is 0.862. The van der Waals surface area contributed by atoms with Crippen LogP contribution in [0.1, 0.15) is 36.8 Å². The number of benzene rings is 1. The highest BCUT2D eigenvalue weighted by Crippen LogP contribution is 2.39. The summed E-state index contributed by atoms with van der Waals surface area (Å²) in [6.45, 7) is 0.983. The van der Waals surface area contributed by atoms with E-state index in [4.69, 9.17) is 15.2 Å². The van der Waals surface area contributed by atoms with Crippen LogP contribution in [0.3, 0.4) is 0 Å². The van der Waals surface area contributed by atoms with Crippen molar-refractivity contribution < 1.29 is 22.6 Å². The van der Waals surface area contributed by atoms with Crippen LogP contribution < -0.4 is 10.5 Å². The molecule has 3 nitrogen and oxygen atoms in total. The van der Waals surface area contributed by atoms with Crippen LogP contribution in [0.4, 0.5) is 18.9 Å². The molecule has 1 saturated carbocycles. The molecule has 3 rings (SSSR count). The van der Waals surface area contributed by atoms with E-state index in [0.717, 1.165) is 23.3 Å². The van der Waals surface area contributed by atoms with Gasteiger partial charge in [-0.15, -0.1) is 0 Å². The van der Waals surface area contributed by atoms with E-state index in [0.29, 0.717) is 31.7 Å². The Bertz CT molecular complexity index is 537. The number of hydrogen-bond donors (Lipinski definition) is 1. The maximum atomic E-state index is 12.6. The monoisotopic (exact) mass is 315 g/mol. The largest absolute Gasteiger partial charge is 0.493 e. The molecule has 1 heterocycles. The van der Waals surface area contributed by atoms with Gasteiger partial charge in [0.2, 0.25) is 0 Å². The summed E-state index contributed by atoms with van der Waals surface area (Å²) in [6, 6.07) is 3.73. The first-order chi connectivity index (χ1) is 10.4. The van der Waals surface area contributed by atoms with Crippen LogP contribution in [0.5, 0.6) is 5.75 Å². The zero-order valence-electron chi connectivity index (χ0n) is 12.3. The molecular weight excluding hydrogens is 295 g/mol. The molecule has 0 bridgehead atoms. The topological polar surface area (TPSA) is 44.5 Å². The Kier molecular flexibility index (Phi) is 4.21. The van der Waals surface area contributed by atoms with Crippen LogP contribution in [0, 0.1) is 5.92 Å². The number of fused-ring (bicyclic) bond motifs is 1. The van der Waals surface area contributed by atoms with Crippen molar-refractivity contribution in [2.75, 3.05) is 12.3 Å². The van der Waals surface area contributed by atoms with E-state index < -0.39 is 12.1 Å². The minimum atomic E-state index is -4.08. The molecule has 2 N–H and O–H groups in total. The number of halogens is 3. The minimum absolute atomic E-state index is 0.114. The fraction of sp³-hybridized carbons (Fsp3) is 0.625. The van der Waals surface area contributed by atoms with Gasteiger partial charge in [-0.3, -0.25) is 0 Å². The van der Waals surface area contributed by atoms with E-state index in [2.05, 4.69) is 0 Å². The van der Waals surface area contributed by atoms with Crippen LogP contribution in [0.15, 0.2) is 12.1 Å². The van der Waals surface area contributed by atoms with Crippen LogP contribution in [0.2, 0.25) is 0 Å². The third kappa shape index (κ3) is 3.32. The number of hydrogen-bond acceptors (Lipinski definition) is 3. The number of ether oxygens (including phenoxy) is 2. The maximum Gasteiger partial charge on any atom is 0.391 e. The summed E-state index contributed by atoms with van der Waals surface area (Å²) in [5, 5.41) is 0. The van der Waals surface area contributed by atoms with Crippen molar-refractivity contribution in [3.05, 3.63) is 23.3 Å². The Morgan fingerprint density at radius 1 is 1.18 bits per heavy atom. The molecule has 1 aliphatic carbocycles. The van der Waals surface area contributed by atoms with Crippen molar-refractivity contribution in [1.82, 2.24) is 0 Å². The third-order valence-corrected chi connectivity index (χ3v) is 4.49. The average Bonchev–Trinajstić information content (AvgIpc) is 2.92. The number of nitrogens with two attached hydrogens (primary N) is 1. The highest BCUT2D eigenvalue weighted by atomic mass is 19.4. The molecule has 0 amide bonds. The molecule has 0 spiro atoms. The molecule has 0 aromatic heterocycles. The number of nitrogen functional groups attached to an aromatic ring is 1. The fourth-order valence-electron chi connectivity index (χ4n) is 3.29. The Balaban J connectivity index is 1.56. The van der Waals surface area contributed by atoms with Crippen molar-refractivity contribution in [1.29, 1.82) is 0 Å². The van der Waals surface area contributed by atoms with Gasteiger partial charge in [0.15, 0.2) is 0 Å². The van der Waals surface area contributed by atoms with Gasteiger partial charge in [0.25, 0.3) is 0 Å². The van der Waals surface area contributed by atoms with Crippen LogP contribution in [-0.4, -0.2) is 18.9 Å². The summed E-state index contributed by atoms with van der Waals surface area (Å²) in [6.07, 6.45) is -2.14. The van der Waals surface area contributed by atoms with Gasteiger partial charge in [-0.25, -0.2) is 0 Å². The molecule has 1 fully saturated rings. The average molecular weight is 315 g/mol. The first-order valence-corrected chi connectivity index (χ1v) is 7.66. The number of alkyl halides is 3. The SMILES string of the molecule is Nc1cc2c(c(CO[C@H]3CC[C@H](C(F)(F)F)CC3)c1)OCC2. The normalized spacial score (nSPS) is 24.9. The van der Waals surface area contributed by atoms with Crippen molar-refractivity contribution >= 4 is 5.69 Å². The molecule has 22 heavy (non-hydrogen) atoms. The lowest BCUT2D eigenvalue weighted by molar-refractivity contribution is -0.188. The van der Waals surface area contributed by atoms with Gasteiger partial charge in [-0.05, 0) is 43.4 Å². The lowest BCUT2D eigenvalue weighted by atomic mass is 9.87. The Morgan fingerprint density at radius 2 is 1.91 bits per heavy atom. The molecule has 1 aromatic carbocycles. The van der Waals surface area contributed by atoms with Gasteiger partial charge in [0.05, 0.1) is 25.2 Å². The van der Waals surface area contributed by atoms with E-state index in [1.807, 2.05) is 12.1 Å². The lowest BCUT2D eigenvalue weighted by Crippen LogP contribution is -2.30. The second-order valence-electron chi connectivity index (χ2n) is 6.09. The molecule has 122 valence electrons. The molecule has 0 radical (unpaired) electrons. The Hall–Kier alpha value is -1.43. The van der Waals surface area contributed by atoms with E-state index >= 15 is 0 Å². The van der Waals surface area contributed by atoms with Crippen molar-refractivity contribution in [2.24, 2.45) is 5.92 Å². The van der Waals surface area contributed by atoms with Crippen LogP contribution in [-0.2, 0) is 17.8 Å². The van der Waals surface area contributed by atoms with Crippen molar-refractivity contribution in [3.8, 4) is 5.75 Å². The Labute approximate surface area is 127 Å². The number of rotatable bonds is 3. The molecule has 0 unspecified atom stereocenters. The first kappa shape index (κ1) is 15.5. The van der Waals surface area contributed by atoms with Crippen LogP contribution >= 0.6 is 0 Å². The first-order valence-electron chi connectivity index (χ1n) is 7.66. The lowest BCUT2D eigenvalue weighted by Gasteiger charge is -2.30. The second kappa shape index (κ2) is 5.99. The van der Waals surface area contributed by atoms with Gasteiger partial charge in [0, 0.05) is 17.7 Å². The predicted molar refractivity (Wildman–Crippen MR) is 76.6 cm³/mol. The zero-order chi connectivity index (χ0) is 15.7. The van der Waals surface area contributed by atoms with Crippen molar-refractivity contribution in [3.63, 3.8) is 0 Å². The molecule has 1 aromatic rings. The maximum absolute atomic E-state index is 12.6. The number of anilines is 1. The van der Waals surface area contributed by atoms with E-state index in [1.54, 1.807) is 0 Å². The van der Waals surface area contributed by atoms with Crippen molar-refractivity contribution in [2.45, 2.75) is 51.0 Å². The van der Waals surface area contributed by atoms with Gasteiger partial charge >= 0.3 is 6.18 Å². The molecular formula is C16H20F3NO2. The summed E-state index contributed by atoms with van der Waals surface area (Å²) in [5.41, 5.74) is 8.52. The molecule has 0 saturated heterocycles.